The molecule has 0 amide bonds. The Labute approximate surface area is 185 Å². The zero-order valence-corrected chi connectivity index (χ0v) is 18.2. The molecule has 4 fully saturated rings. The van der Waals surface area contributed by atoms with E-state index in [4.69, 9.17) is 14.0 Å². The highest BCUT2D eigenvalue weighted by atomic mass is 16.6. The van der Waals surface area contributed by atoms with E-state index in [2.05, 4.69) is 5.16 Å². The maximum Gasteiger partial charge on any atom is 0.338 e. The number of benzene rings is 1. The predicted molar refractivity (Wildman–Crippen MR) is 116 cm³/mol. The monoisotopic (exact) mass is 438 g/mol. The standard InChI is InChI=1S/C24H26N2O6/c1-14-22(26(28)29)20(32-25-14)6-4-15-3-5-19(21(10-15)30-2)31-23(27)24-11-16-7-17(12-24)9-18(8-16)13-24/h3-6,10,16-18H,7-9,11-13H2,1-2H3/b6-4+. The maximum atomic E-state index is 13.3. The van der Waals surface area contributed by atoms with Gasteiger partial charge in [-0.2, -0.15) is 0 Å². The van der Waals surface area contributed by atoms with Gasteiger partial charge < -0.3 is 14.0 Å². The van der Waals surface area contributed by atoms with E-state index in [-0.39, 0.29) is 28.5 Å². The highest BCUT2D eigenvalue weighted by Gasteiger charge is 2.55. The number of aryl methyl sites for hydroxylation is 1. The van der Waals surface area contributed by atoms with E-state index >= 15 is 0 Å². The Morgan fingerprint density at radius 3 is 2.41 bits per heavy atom. The summed E-state index contributed by atoms with van der Waals surface area (Å²) in [5.74, 6) is 2.75. The summed E-state index contributed by atoms with van der Waals surface area (Å²) in [7, 11) is 1.52. The molecule has 4 aliphatic rings. The number of esters is 1. The lowest BCUT2D eigenvalue weighted by Gasteiger charge is -2.55. The summed E-state index contributed by atoms with van der Waals surface area (Å²) >= 11 is 0. The van der Waals surface area contributed by atoms with Crippen molar-refractivity contribution in [2.75, 3.05) is 7.11 Å². The second-order valence-electron chi connectivity index (χ2n) is 9.57. The lowest BCUT2D eigenvalue weighted by molar-refractivity contribution is -0.386. The van der Waals surface area contributed by atoms with Crippen molar-refractivity contribution in [1.29, 1.82) is 0 Å². The molecule has 0 N–H and O–H groups in total. The third-order valence-electron chi connectivity index (χ3n) is 7.33. The Balaban J connectivity index is 1.34. The molecule has 4 saturated carbocycles. The van der Waals surface area contributed by atoms with Crippen LogP contribution in [0.2, 0.25) is 0 Å². The van der Waals surface area contributed by atoms with Crippen molar-refractivity contribution in [2.24, 2.45) is 23.2 Å². The second-order valence-corrected chi connectivity index (χ2v) is 9.57. The molecule has 0 saturated heterocycles. The van der Waals surface area contributed by atoms with E-state index in [1.54, 1.807) is 24.3 Å². The van der Waals surface area contributed by atoms with Crippen molar-refractivity contribution in [3.8, 4) is 11.5 Å². The Morgan fingerprint density at radius 1 is 1.16 bits per heavy atom. The van der Waals surface area contributed by atoms with Crippen molar-refractivity contribution in [2.45, 2.75) is 45.4 Å². The molecule has 1 aromatic heterocycles. The van der Waals surface area contributed by atoms with Crippen molar-refractivity contribution < 1.29 is 23.7 Å². The Bertz CT molecular complexity index is 1070. The summed E-state index contributed by atoms with van der Waals surface area (Å²) in [6.45, 7) is 1.52. The average Bonchev–Trinajstić information content (AvgIpc) is 3.12. The maximum absolute atomic E-state index is 13.3. The van der Waals surface area contributed by atoms with Crippen LogP contribution in [-0.2, 0) is 4.79 Å². The third kappa shape index (κ3) is 3.57. The van der Waals surface area contributed by atoms with Gasteiger partial charge in [0.1, 0.15) is 0 Å². The van der Waals surface area contributed by atoms with Gasteiger partial charge in [0.15, 0.2) is 17.2 Å². The van der Waals surface area contributed by atoms with Gasteiger partial charge in [0.25, 0.3) is 0 Å². The minimum Gasteiger partial charge on any atom is -0.493 e. The van der Waals surface area contributed by atoms with Gasteiger partial charge in [-0.3, -0.25) is 14.9 Å². The topological polar surface area (TPSA) is 105 Å². The largest absolute Gasteiger partial charge is 0.493 e. The summed E-state index contributed by atoms with van der Waals surface area (Å²) in [5, 5.41) is 14.9. The van der Waals surface area contributed by atoms with Crippen molar-refractivity contribution >= 4 is 23.8 Å². The first-order chi connectivity index (χ1) is 15.4. The fraction of sp³-hybridized carbons (Fsp3) is 0.500. The van der Waals surface area contributed by atoms with Crippen LogP contribution >= 0.6 is 0 Å². The van der Waals surface area contributed by atoms with E-state index in [9.17, 15) is 14.9 Å². The fourth-order valence-corrected chi connectivity index (χ4v) is 6.33. The van der Waals surface area contributed by atoms with E-state index < -0.39 is 4.92 Å². The summed E-state index contributed by atoms with van der Waals surface area (Å²) in [6, 6.07) is 5.21. The highest BCUT2D eigenvalue weighted by Crippen LogP contribution is 2.60. The van der Waals surface area contributed by atoms with E-state index in [0.29, 0.717) is 29.3 Å². The smallest absolute Gasteiger partial charge is 0.338 e. The van der Waals surface area contributed by atoms with Crippen LogP contribution in [0.3, 0.4) is 0 Å². The van der Waals surface area contributed by atoms with Crippen LogP contribution in [-0.4, -0.2) is 23.2 Å². The number of aromatic nitrogens is 1. The molecule has 0 spiro atoms. The minimum absolute atomic E-state index is 0.0730. The SMILES string of the molecule is COc1cc(/C=C/c2onc(C)c2[N+](=O)[O-])ccc1OC(=O)C12CC3CC(CC(C3)C1)C2. The normalized spacial score (nSPS) is 28.2. The number of hydrogen-bond donors (Lipinski definition) is 0. The van der Waals surface area contributed by atoms with Gasteiger partial charge in [0, 0.05) is 0 Å². The Hall–Kier alpha value is -3.16. The molecule has 0 unspecified atom stereocenters. The summed E-state index contributed by atoms with van der Waals surface area (Å²) < 4.78 is 16.4. The van der Waals surface area contributed by atoms with Crippen LogP contribution in [0.15, 0.2) is 22.7 Å². The number of nitro groups is 1. The van der Waals surface area contributed by atoms with Gasteiger partial charge in [-0.25, -0.2) is 0 Å². The van der Waals surface area contributed by atoms with Gasteiger partial charge in [-0.05, 0) is 87.0 Å². The van der Waals surface area contributed by atoms with Crippen molar-refractivity contribution in [3.05, 3.63) is 45.3 Å². The molecule has 2 aromatic rings. The first-order valence-corrected chi connectivity index (χ1v) is 11.1. The van der Waals surface area contributed by atoms with Crippen LogP contribution in [0.5, 0.6) is 11.5 Å². The molecule has 168 valence electrons. The van der Waals surface area contributed by atoms with Gasteiger partial charge in [-0.1, -0.05) is 17.3 Å². The summed E-state index contributed by atoms with van der Waals surface area (Å²) in [4.78, 5) is 23.9. The number of carbonyl (C=O) groups is 1. The molecular formula is C24H26N2O6. The molecular weight excluding hydrogens is 412 g/mol. The molecule has 4 bridgehead atoms. The summed E-state index contributed by atoms with van der Waals surface area (Å²) in [5.41, 5.74) is 0.440. The van der Waals surface area contributed by atoms with Crippen LogP contribution in [0, 0.1) is 40.2 Å². The number of methoxy groups -OCH3 is 1. The number of rotatable bonds is 6. The molecule has 8 heteroatoms. The quantitative estimate of drug-likeness (QED) is 0.264. The van der Waals surface area contributed by atoms with Crippen molar-refractivity contribution in [3.63, 3.8) is 0 Å². The van der Waals surface area contributed by atoms with Crippen molar-refractivity contribution in [1.82, 2.24) is 5.16 Å². The minimum atomic E-state index is -0.515. The molecule has 4 aliphatic carbocycles. The van der Waals surface area contributed by atoms with Crippen LogP contribution in [0.4, 0.5) is 5.69 Å². The zero-order chi connectivity index (χ0) is 22.5. The van der Waals surface area contributed by atoms with E-state index in [1.165, 1.54) is 39.4 Å². The zero-order valence-electron chi connectivity index (χ0n) is 18.2. The lowest BCUT2D eigenvalue weighted by atomic mass is 9.49. The highest BCUT2D eigenvalue weighted by molar-refractivity contribution is 5.81. The van der Waals surface area contributed by atoms with Gasteiger partial charge in [-0.15, -0.1) is 0 Å². The van der Waals surface area contributed by atoms with Crippen LogP contribution in [0.1, 0.15) is 55.5 Å². The van der Waals surface area contributed by atoms with Crippen LogP contribution in [0.25, 0.3) is 12.2 Å². The average molecular weight is 438 g/mol. The van der Waals surface area contributed by atoms with E-state index in [1.807, 2.05) is 0 Å². The molecule has 8 nitrogen and oxygen atoms in total. The summed E-state index contributed by atoms with van der Waals surface area (Å²) in [6.07, 6.45) is 9.77. The fourth-order valence-electron chi connectivity index (χ4n) is 6.33. The molecule has 1 aromatic carbocycles. The van der Waals surface area contributed by atoms with Crippen LogP contribution < -0.4 is 9.47 Å². The Kier molecular flexibility index (Phi) is 5.03. The van der Waals surface area contributed by atoms with Gasteiger partial charge in [0.05, 0.1) is 17.4 Å². The van der Waals surface area contributed by atoms with Gasteiger partial charge in [0.2, 0.25) is 5.76 Å². The molecule has 0 radical (unpaired) electrons. The molecule has 32 heavy (non-hydrogen) atoms. The number of carbonyl (C=O) groups excluding carboxylic acids is 1. The first-order valence-electron chi connectivity index (χ1n) is 11.1. The molecule has 0 aliphatic heterocycles. The molecule has 0 atom stereocenters. The van der Waals surface area contributed by atoms with E-state index in [0.717, 1.165) is 24.8 Å². The second kappa shape index (κ2) is 7.76. The Morgan fingerprint density at radius 2 is 1.81 bits per heavy atom. The number of ether oxygens (including phenoxy) is 2. The first kappa shape index (κ1) is 20.7. The third-order valence-corrected chi connectivity index (χ3v) is 7.33. The number of hydrogen-bond acceptors (Lipinski definition) is 7. The number of nitrogens with zero attached hydrogens (tertiary/aromatic N) is 2. The lowest BCUT2D eigenvalue weighted by Crippen LogP contribution is -2.51. The molecule has 1 heterocycles. The molecule has 6 rings (SSSR count). The predicted octanol–water partition coefficient (Wildman–Crippen LogP) is 5.19. The van der Waals surface area contributed by atoms with Gasteiger partial charge >= 0.3 is 11.7 Å².